The van der Waals surface area contributed by atoms with Crippen molar-refractivity contribution in [2.45, 2.75) is 20.0 Å². The van der Waals surface area contributed by atoms with Gasteiger partial charge in [-0.3, -0.25) is 10.1 Å². The van der Waals surface area contributed by atoms with Crippen LogP contribution < -0.4 is 10.1 Å². The normalized spacial score (nSPS) is 10.4. The summed E-state index contributed by atoms with van der Waals surface area (Å²) in [6.07, 6.45) is 0. The molecule has 1 aromatic carbocycles. The van der Waals surface area contributed by atoms with Gasteiger partial charge in [0.1, 0.15) is 0 Å². The Morgan fingerprint density at radius 2 is 2.00 bits per heavy atom. The van der Waals surface area contributed by atoms with Crippen LogP contribution in [0.15, 0.2) is 36.4 Å². The molecule has 1 N–H and O–H groups in total. The van der Waals surface area contributed by atoms with Crippen LogP contribution in [0.5, 0.6) is 5.88 Å². The predicted octanol–water partition coefficient (Wildman–Crippen LogP) is 2.60. The standard InChI is InChI=1S/C15H17N3O3/c1-11-12(5-3-7-14(11)18(19)20)9-16-10-13-6-4-8-15(17-13)21-2/h3-8,16H,9-10H2,1-2H3. The number of nitro benzene ring substituents is 1. The molecule has 0 fully saturated rings. The van der Waals surface area contributed by atoms with Crippen LogP contribution in [0.4, 0.5) is 5.69 Å². The molecule has 0 aliphatic carbocycles. The maximum Gasteiger partial charge on any atom is 0.272 e. The van der Waals surface area contributed by atoms with E-state index in [9.17, 15) is 10.1 Å². The molecule has 2 rings (SSSR count). The lowest BCUT2D eigenvalue weighted by Gasteiger charge is -2.08. The van der Waals surface area contributed by atoms with Gasteiger partial charge in [-0.15, -0.1) is 0 Å². The molecule has 0 saturated carbocycles. The van der Waals surface area contributed by atoms with Gasteiger partial charge in [0.05, 0.1) is 17.7 Å². The number of nitrogens with one attached hydrogen (secondary N) is 1. The molecule has 0 amide bonds. The largest absolute Gasteiger partial charge is 0.481 e. The summed E-state index contributed by atoms with van der Waals surface area (Å²) in [6.45, 7) is 2.88. The molecular weight excluding hydrogens is 270 g/mol. The van der Waals surface area contributed by atoms with Crippen molar-refractivity contribution in [3.8, 4) is 5.88 Å². The molecule has 0 spiro atoms. The number of hydrogen-bond acceptors (Lipinski definition) is 5. The van der Waals surface area contributed by atoms with Crippen molar-refractivity contribution in [3.63, 3.8) is 0 Å². The van der Waals surface area contributed by atoms with E-state index in [0.717, 1.165) is 11.3 Å². The van der Waals surface area contributed by atoms with Crippen molar-refractivity contribution >= 4 is 5.69 Å². The van der Waals surface area contributed by atoms with E-state index >= 15 is 0 Å². The van der Waals surface area contributed by atoms with Gasteiger partial charge in [0.2, 0.25) is 5.88 Å². The average molecular weight is 287 g/mol. The summed E-state index contributed by atoms with van der Waals surface area (Å²) < 4.78 is 5.07. The summed E-state index contributed by atoms with van der Waals surface area (Å²) >= 11 is 0. The number of ether oxygens (including phenoxy) is 1. The molecular formula is C15H17N3O3. The molecule has 0 atom stereocenters. The zero-order valence-electron chi connectivity index (χ0n) is 12.0. The molecule has 1 heterocycles. The molecule has 2 aromatic rings. The van der Waals surface area contributed by atoms with Gasteiger partial charge in [-0.25, -0.2) is 4.98 Å². The summed E-state index contributed by atoms with van der Waals surface area (Å²) in [6, 6.07) is 10.7. The van der Waals surface area contributed by atoms with Gasteiger partial charge in [0, 0.05) is 30.8 Å². The third-order valence-corrected chi connectivity index (χ3v) is 3.23. The van der Waals surface area contributed by atoms with E-state index in [4.69, 9.17) is 4.74 Å². The summed E-state index contributed by atoms with van der Waals surface area (Å²) in [5.74, 6) is 0.570. The number of hydrogen-bond donors (Lipinski definition) is 1. The molecule has 0 saturated heterocycles. The van der Waals surface area contributed by atoms with Crippen molar-refractivity contribution < 1.29 is 9.66 Å². The fourth-order valence-electron chi connectivity index (χ4n) is 2.05. The topological polar surface area (TPSA) is 77.3 Å². The first-order chi connectivity index (χ1) is 10.1. The van der Waals surface area contributed by atoms with Gasteiger partial charge < -0.3 is 10.1 Å². The lowest BCUT2D eigenvalue weighted by molar-refractivity contribution is -0.385. The Labute approximate surface area is 122 Å². The monoisotopic (exact) mass is 287 g/mol. The summed E-state index contributed by atoms with van der Waals surface area (Å²) in [5, 5.41) is 14.1. The number of nitrogens with zero attached hydrogens (tertiary/aromatic N) is 2. The number of rotatable bonds is 6. The highest BCUT2D eigenvalue weighted by Gasteiger charge is 2.12. The maximum absolute atomic E-state index is 10.9. The number of pyridine rings is 1. The molecule has 6 heteroatoms. The highest BCUT2D eigenvalue weighted by atomic mass is 16.6. The summed E-state index contributed by atoms with van der Waals surface area (Å²) in [5.41, 5.74) is 2.60. The Morgan fingerprint density at radius 1 is 1.24 bits per heavy atom. The van der Waals surface area contributed by atoms with Crippen LogP contribution in [0.3, 0.4) is 0 Å². The second-order valence-corrected chi connectivity index (χ2v) is 4.59. The zero-order valence-corrected chi connectivity index (χ0v) is 12.0. The van der Waals surface area contributed by atoms with Gasteiger partial charge in [0.25, 0.3) is 5.69 Å². The SMILES string of the molecule is COc1cccc(CNCc2cccc([N+](=O)[O-])c2C)n1. The highest BCUT2D eigenvalue weighted by molar-refractivity contribution is 5.44. The molecule has 0 bridgehead atoms. The van der Waals surface area contributed by atoms with E-state index in [2.05, 4.69) is 10.3 Å². The lowest BCUT2D eigenvalue weighted by Crippen LogP contribution is -2.15. The van der Waals surface area contributed by atoms with E-state index in [-0.39, 0.29) is 10.6 Å². The first-order valence-electron chi connectivity index (χ1n) is 6.55. The van der Waals surface area contributed by atoms with Gasteiger partial charge >= 0.3 is 0 Å². The Hall–Kier alpha value is -2.47. The fourth-order valence-corrected chi connectivity index (χ4v) is 2.05. The van der Waals surface area contributed by atoms with Crippen LogP contribution in [-0.4, -0.2) is 17.0 Å². The van der Waals surface area contributed by atoms with Crippen LogP contribution >= 0.6 is 0 Å². The van der Waals surface area contributed by atoms with Crippen molar-refractivity contribution in [2.24, 2.45) is 0 Å². The average Bonchev–Trinajstić information content (AvgIpc) is 2.49. The van der Waals surface area contributed by atoms with Crippen molar-refractivity contribution in [2.75, 3.05) is 7.11 Å². The van der Waals surface area contributed by atoms with Crippen molar-refractivity contribution in [1.29, 1.82) is 0 Å². The Kier molecular flexibility index (Phi) is 4.84. The lowest BCUT2D eigenvalue weighted by atomic mass is 10.1. The Morgan fingerprint density at radius 3 is 2.71 bits per heavy atom. The van der Waals surface area contributed by atoms with Gasteiger partial charge in [-0.2, -0.15) is 0 Å². The van der Waals surface area contributed by atoms with Crippen molar-refractivity contribution in [1.82, 2.24) is 10.3 Å². The van der Waals surface area contributed by atoms with Crippen LogP contribution in [0.2, 0.25) is 0 Å². The Balaban J connectivity index is 2.00. The van der Waals surface area contributed by atoms with E-state index in [1.165, 1.54) is 6.07 Å². The smallest absolute Gasteiger partial charge is 0.272 e. The Bertz CT molecular complexity index is 644. The third kappa shape index (κ3) is 3.76. The van der Waals surface area contributed by atoms with E-state index < -0.39 is 0 Å². The number of aromatic nitrogens is 1. The van der Waals surface area contributed by atoms with E-state index in [1.807, 2.05) is 18.2 Å². The fraction of sp³-hybridized carbons (Fsp3) is 0.267. The quantitative estimate of drug-likeness (QED) is 0.652. The second kappa shape index (κ2) is 6.81. The molecule has 110 valence electrons. The first-order valence-corrected chi connectivity index (χ1v) is 6.55. The predicted molar refractivity (Wildman–Crippen MR) is 79.2 cm³/mol. The van der Waals surface area contributed by atoms with Crippen LogP contribution in [0.25, 0.3) is 0 Å². The third-order valence-electron chi connectivity index (χ3n) is 3.23. The van der Waals surface area contributed by atoms with Gasteiger partial charge in [-0.05, 0) is 18.6 Å². The van der Waals surface area contributed by atoms with Crippen LogP contribution in [-0.2, 0) is 13.1 Å². The minimum atomic E-state index is -0.359. The van der Waals surface area contributed by atoms with E-state index in [0.29, 0.717) is 24.5 Å². The second-order valence-electron chi connectivity index (χ2n) is 4.59. The van der Waals surface area contributed by atoms with Gasteiger partial charge in [-0.1, -0.05) is 18.2 Å². The van der Waals surface area contributed by atoms with Gasteiger partial charge in [0.15, 0.2) is 0 Å². The minimum absolute atomic E-state index is 0.147. The molecule has 0 unspecified atom stereocenters. The maximum atomic E-state index is 10.9. The van der Waals surface area contributed by atoms with Crippen LogP contribution in [0, 0.1) is 17.0 Å². The van der Waals surface area contributed by atoms with Crippen molar-refractivity contribution in [3.05, 3.63) is 63.3 Å². The molecule has 21 heavy (non-hydrogen) atoms. The van der Waals surface area contributed by atoms with E-state index in [1.54, 1.807) is 26.2 Å². The molecule has 0 aliphatic heterocycles. The number of methoxy groups -OCH3 is 1. The molecule has 0 aliphatic rings. The first kappa shape index (κ1) is 14.9. The number of nitro groups is 1. The molecule has 0 radical (unpaired) electrons. The summed E-state index contributed by atoms with van der Waals surface area (Å²) in [4.78, 5) is 14.8. The minimum Gasteiger partial charge on any atom is -0.481 e. The molecule has 1 aromatic heterocycles. The molecule has 6 nitrogen and oxygen atoms in total. The van der Waals surface area contributed by atoms with Crippen LogP contribution in [0.1, 0.15) is 16.8 Å². The summed E-state index contributed by atoms with van der Waals surface area (Å²) in [7, 11) is 1.58. The zero-order chi connectivity index (χ0) is 15.2. The highest BCUT2D eigenvalue weighted by Crippen LogP contribution is 2.20. The number of benzene rings is 1.